The molecule has 0 saturated carbocycles. The average molecular weight is 355 g/mol. The van der Waals surface area contributed by atoms with E-state index in [1.807, 2.05) is 20.8 Å². The van der Waals surface area contributed by atoms with E-state index in [2.05, 4.69) is 10.6 Å². The Bertz CT molecular complexity index is 599. The zero-order chi connectivity index (χ0) is 17.7. The van der Waals surface area contributed by atoms with Gasteiger partial charge in [-0.1, -0.05) is 17.7 Å². The highest BCUT2D eigenvalue weighted by atomic mass is 35.5. The van der Waals surface area contributed by atoms with Crippen LogP contribution in [-0.2, 0) is 14.3 Å². The molecule has 1 aromatic rings. The smallest absolute Gasteiger partial charge is 0.275 e. The summed E-state index contributed by atoms with van der Waals surface area (Å²) in [6, 6.07) is 5.32. The summed E-state index contributed by atoms with van der Waals surface area (Å²) in [7, 11) is 0. The Labute approximate surface area is 147 Å². The molecule has 1 aliphatic rings. The van der Waals surface area contributed by atoms with Crippen LogP contribution >= 0.6 is 11.6 Å². The van der Waals surface area contributed by atoms with Crippen molar-refractivity contribution in [2.45, 2.75) is 33.0 Å². The zero-order valence-electron chi connectivity index (χ0n) is 14.3. The van der Waals surface area contributed by atoms with Crippen molar-refractivity contribution < 1.29 is 19.2 Å². The topological polar surface area (TPSA) is 71.9 Å². The van der Waals surface area contributed by atoms with Gasteiger partial charge in [0.25, 0.3) is 5.91 Å². The van der Waals surface area contributed by atoms with Crippen molar-refractivity contribution in [3.63, 3.8) is 0 Å². The van der Waals surface area contributed by atoms with E-state index < -0.39 is 0 Å². The van der Waals surface area contributed by atoms with Crippen molar-refractivity contribution in [3.05, 3.63) is 28.8 Å². The number of rotatable bonds is 5. The molecule has 0 radical (unpaired) electrons. The molecule has 1 heterocycles. The van der Waals surface area contributed by atoms with Gasteiger partial charge in [0.15, 0.2) is 6.54 Å². The van der Waals surface area contributed by atoms with Gasteiger partial charge in [0.05, 0.1) is 6.54 Å². The Balaban J connectivity index is 1.77. The van der Waals surface area contributed by atoms with Gasteiger partial charge in [0.1, 0.15) is 25.3 Å². The monoisotopic (exact) mass is 354 g/mol. The molecular weight excluding hydrogens is 330 g/mol. The van der Waals surface area contributed by atoms with Crippen molar-refractivity contribution in [1.82, 2.24) is 5.32 Å². The van der Waals surface area contributed by atoms with Gasteiger partial charge in [-0.05, 0) is 38.5 Å². The molecule has 1 saturated heterocycles. The molecule has 6 nitrogen and oxygen atoms in total. The molecule has 24 heavy (non-hydrogen) atoms. The van der Waals surface area contributed by atoms with Gasteiger partial charge in [-0.15, -0.1) is 0 Å². The molecule has 7 heteroatoms. The summed E-state index contributed by atoms with van der Waals surface area (Å²) in [5.74, 6) is -0.406. The van der Waals surface area contributed by atoms with Crippen molar-refractivity contribution in [2.24, 2.45) is 0 Å². The lowest BCUT2D eigenvalue weighted by Gasteiger charge is -2.31. The van der Waals surface area contributed by atoms with Crippen LogP contribution < -0.4 is 15.5 Å². The van der Waals surface area contributed by atoms with Crippen LogP contribution in [0.15, 0.2) is 18.2 Å². The number of nitrogens with one attached hydrogen (secondary N) is 3. The summed E-state index contributed by atoms with van der Waals surface area (Å²) in [5, 5.41) is 6.02. The summed E-state index contributed by atoms with van der Waals surface area (Å²) in [5.41, 5.74) is 1.46. The molecular formula is C17H25ClN3O3+. The summed E-state index contributed by atoms with van der Waals surface area (Å²) in [6.07, 6.45) is 0.288. The molecule has 2 rings (SSSR count). The minimum Gasteiger partial charge on any atom is -0.364 e. The first-order valence-electron chi connectivity index (χ1n) is 8.16. The lowest BCUT2D eigenvalue weighted by molar-refractivity contribution is -0.907. The van der Waals surface area contributed by atoms with Crippen LogP contribution in [0.25, 0.3) is 0 Å². The molecule has 0 spiro atoms. The molecule has 0 unspecified atom stereocenters. The second kappa shape index (κ2) is 8.46. The van der Waals surface area contributed by atoms with Crippen LogP contribution in [0.1, 0.15) is 19.4 Å². The zero-order valence-corrected chi connectivity index (χ0v) is 15.1. The third kappa shape index (κ3) is 5.47. The Morgan fingerprint density at radius 3 is 2.58 bits per heavy atom. The van der Waals surface area contributed by atoms with Crippen molar-refractivity contribution in [1.29, 1.82) is 0 Å². The van der Waals surface area contributed by atoms with E-state index in [9.17, 15) is 9.59 Å². The van der Waals surface area contributed by atoms with Gasteiger partial charge in [0, 0.05) is 10.7 Å². The first-order valence-corrected chi connectivity index (χ1v) is 8.53. The predicted octanol–water partition coefficient (Wildman–Crippen LogP) is 0.395. The fourth-order valence-electron chi connectivity index (χ4n) is 2.94. The first-order chi connectivity index (χ1) is 11.3. The molecule has 1 aromatic carbocycles. The fourth-order valence-corrected chi connectivity index (χ4v) is 3.11. The number of hydrogen-bond donors (Lipinski definition) is 3. The van der Waals surface area contributed by atoms with Crippen LogP contribution in [0.2, 0.25) is 5.02 Å². The normalized spacial score (nSPS) is 23.6. The van der Waals surface area contributed by atoms with E-state index in [0.29, 0.717) is 17.3 Å². The molecule has 0 aliphatic carbocycles. The Hall–Kier alpha value is -1.63. The lowest BCUT2D eigenvalue weighted by atomic mass is 10.2. The minimum absolute atomic E-state index is 0.0559. The lowest BCUT2D eigenvalue weighted by Crippen LogP contribution is -3.16. The molecule has 2 atom stereocenters. The van der Waals surface area contributed by atoms with Crippen LogP contribution in [0.3, 0.4) is 0 Å². The molecule has 2 amide bonds. The highest BCUT2D eigenvalue weighted by Gasteiger charge is 2.27. The second-order valence-corrected chi connectivity index (χ2v) is 6.74. The minimum atomic E-state index is -0.271. The Kier molecular flexibility index (Phi) is 6.60. The number of halogens is 1. The van der Waals surface area contributed by atoms with Gasteiger partial charge < -0.3 is 20.3 Å². The van der Waals surface area contributed by atoms with Crippen molar-refractivity contribution in [2.75, 3.05) is 31.5 Å². The second-order valence-electron chi connectivity index (χ2n) is 6.33. The van der Waals surface area contributed by atoms with Gasteiger partial charge in [-0.3, -0.25) is 9.59 Å². The number of ether oxygens (including phenoxy) is 1. The number of quaternary nitrogens is 1. The number of benzene rings is 1. The van der Waals surface area contributed by atoms with Gasteiger partial charge >= 0.3 is 0 Å². The van der Waals surface area contributed by atoms with E-state index in [0.717, 1.165) is 18.7 Å². The number of morpholine rings is 1. The van der Waals surface area contributed by atoms with Crippen LogP contribution in [-0.4, -0.2) is 50.2 Å². The average Bonchev–Trinajstić information content (AvgIpc) is 2.49. The first kappa shape index (κ1) is 18.7. The van der Waals surface area contributed by atoms with Crippen molar-refractivity contribution >= 4 is 29.1 Å². The van der Waals surface area contributed by atoms with E-state index >= 15 is 0 Å². The van der Waals surface area contributed by atoms with Gasteiger partial charge in [0.2, 0.25) is 5.91 Å². The maximum atomic E-state index is 12.0. The van der Waals surface area contributed by atoms with Crippen molar-refractivity contribution in [3.8, 4) is 0 Å². The van der Waals surface area contributed by atoms with Gasteiger partial charge in [-0.2, -0.15) is 0 Å². The molecule has 1 fully saturated rings. The summed E-state index contributed by atoms with van der Waals surface area (Å²) in [6.45, 7) is 7.74. The molecule has 0 aromatic heterocycles. The number of carbonyl (C=O) groups excluding carboxylic acids is 2. The number of carbonyl (C=O) groups is 2. The molecule has 132 valence electrons. The summed E-state index contributed by atoms with van der Waals surface area (Å²) < 4.78 is 5.66. The Morgan fingerprint density at radius 1 is 1.25 bits per heavy atom. The number of hydrogen-bond acceptors (Lipinski definition) is 3. The third-order valence-corrected chi connectivity index (χ3v) is 4.42. The standard InChI is InChI=1S/C17H24ClN3O3/c1-11-8-21(9-12(2)24-11)10-17(23)19-7-16(22)20-15-6-4-5-14(18)13(15)3/h4-6,11-12H,7-10H2,1-3H3,(H,19,23)(H,20,22)/p+1/t11-,12-/m1/s1. The molecule has 1 aliphatic heterocycles. The Morgan fingerprint density at radius 2 is 1.92 bits per heavy atom. The summed E-state index contributed by atoms with van der Waals surface area (Å²) >= 11 is 6.02. The third-order valence-electron chi connectivity index (χ3n) is 4.02. The molecule has 0 bridgehead atoms. The quantitative estimate of drug-likeness (QED) is 0.716. The highest BCUT2D eigenvalue weighted by Crippen LogP contribution is 2.22. The predicted molar refractivity (Wildman–Crippen MR) is 93.4 cm³/mol. The number of anilines is 1. The fraction of sp³-hybridized carbons (Fsp3) is 0.529. The van der Waals surface area contributed by atoms with E-state index in [-0.39, 0.29) is 30.6 Å². The molecule has 3 N–H and O–H groups in total. The largest absolute Gasteiger partial charge is 0.364 e. The highest BCUT2D eigenvalue weighted by molar-refractivity contribution is 6.31. The van der Waals surface area contributed by atoms with Crippen LogP contribution in [0.5, 0.6) is 0 Å². The summed E-state index contributed by atoms with van der Waals surface area (Å²) in [4.78, 5) is 25.2. The van der Waals surface area contributed by atoms with Crippen LogP contribution in [0.4, 0.5) is 5.69 Å². The van der Waals surface area contributed by atoms with E-state index in [1.165, 1.54) is 4.90 Å². The van der Waals surface area contributed by atoms with Crippen LogP contribution in [0, 0.1) is 6.92 Å². The maximum Gasteiger partial charge on any atom is 0.275 e. The maximum absolute atomic E-state index is 12.0. The van der Waals surface area contributed by atoms with Gasteiger partial charge in [-0.25, -0.2) is 0 Å². The SMILES string of the molecule is Cc1c(Cl)cccc1NC(=O)CNC(=O)C[NH+]1C[C@@H](C)O[C@H](C)C1. The van der Waals surface area contributed by atoms with E-state index in [1.54, 1.807) is 18.2 Å². The van der Waals surface area contributed by atoms with E-state index in [4.69, 9.17) is 16.3 Å². The number of amides is 2.